The van der Waals surface area contributed by atoms with Crippen LogP contribution in [0.15, 0.2) is 79.1 Å². The predicted octanol–water partition coefficient (Wildman–Crippen LogP) is 4.47. The highest BCUT2D eigenvalue weighted by atomic mass is 32.1. The molecule has 3 aromatic rings. The second kappa shape index (κ2) is 7.70. The summed E-state index contributed by atoms with van der Waals surface area (Å²) in [4.78, 5) is 4.02. The number of nitrogens with one attached hydrogen (secondary N) is 2. The number of aromatic nitrogens is 1. The Morgan fingerprint density at radius 3 is 2.29 bits per heavy atom. The Hall–Kier alpha value is -2.72. The quantitative estimate of drug-likeness (QED) is 0.691. The van der Waals surface area contributed by atoms with Gasteiger partial charge < -0.3 is 10.6 Å². The van der Waals surface area contributed by atoms with Gasteiger partial charge in [-0.1, -0.05) is 54.6 Å². The molecule has 0 amide bonds. The molecule has 4 heteroatoms. The van der Waals surface area contributed by atoms with Crippen LogP contribution in [-0.2, 0) is 0 Å². The maximum atomic E-state index is 5.51. The fraction of sp³-hybridized carbons (Fsp3) is 0.100. The van der Waals surface area contributed by atoms with E-state index in [0.29, 0.717) is 5.11 Å². The number of hydrogen-bond donors (Lipinski definition) is 2. The third-order valence-electron chi connectivity index (χ3n) is 3.85. The minimum Gasteiger partial charge on any atom is -0.352 e. The van der Waals surface area contributed by atoms with Crippen LogP contribution < -0.4 is 10.6 Å². The topological polar surface area (TPSA) is 37.0 Å². The van der Waals surface area contributed by atoms with Gasteiger partial charge >= 0.3 is 0 Å². The first kappa shape index (κ1) is 16.1. The van der Waals surface area contributed by atoms with Gasteiger partial charge in [-0.2, -0.15) is 0 Å². The molecule has 0 aliphatic heterocycles. The number of pyridine rings is 1. The van der Waals surface area contributed by atoms with Gasteiger partial charge in [-0.3, -0.25) is 4.98 Å². The van der Waals surface area contributed by atoms with Crippen molar-refractivity contribution >= 4 is 23.0 Å². The van der Waals surface area contributed by atoms with E-state index in [9.17, 15) is 0 Å². The predicted molar refractivity (Wildman–Crippen MR) is 103 cm³/mol. The van der Waals surface area contributed by atoms with Crippen LogP contribution in [0.3, 0.4) is 0 Å². The summed E-state index contributed by atoms with van der Waals surface area (Å²) in [5.41, 5.74) is 4.53. The molecule has 1 atom stereocenters. The van der Waals surface area contributed by atoms with Crippen molar-refractivity contribution in [2.45, 2.75) is 13.0 Å². The molecule has 1 heterocycles. The van der Waals surface area contributed by atoms with Gasteiger partial charge in [-0.15, -0.1) is 0 Å². The van der Waals surface area contributed by atoms with Crippen LogP contribution in [0.1, 0.15) is 22.7 Å². The van der Waals surface area contributed by atoms with E-state index in [0.717, 1.165) is 5.69 Å². The Morgan fingerprint density at radius 1 is 0.917 bits per heavy atom. The third-order valence-corrected chi connectivity index (χ3v) is 4.07. The Morgan fingerprint density at radius 2 is 1.58 bits per heavy atom. The second-order valence-electron chi connectivity index (χ2n) is 5.53. The van der Waals surface area contributed by atoms with E-state index in [1.54, 1.807) is 12.4 Å². The highest BCUT2D eigenvalue weighted by Crippen LogP contribution is 2.25. The number of benzene rings is 2. The van der Waals surface area contributed by atoms with Crippen LogP contribution in [0.2, 0.25) is 0 Å². The lowest BCUT2D eigenvalue weighted by molar-refractivity contribution is 0.762. The fourth-order valence-electron chi connectivity index (χ4n) is 2.63. The molecule has 0 aliphatic carbocycles. The van der Waals surface area contributed by atoms with E-state index in [-0.39, 0.29) is 6.04 Å². The van der Waals surface area contributed by atoms with Crippen molar-refractivity contribution in [3.05, 3.63) is 95.8 Å². The third kappa shape index (κ3) is 3.97. The number of anilines is 1. The average molecular weight is 333 g/mol. The smallest absolute Gasteiger partial charge is 0.171 e. The molecule has 3 nitrogen and oxygen atoms in total. The lowest BCUT2D eigenvalue weighted by Gasteiger charge is -2.23. The van der Waals surface area contributed by atoms with Crippen LogP contribution in [0, 0.1) is 6.92 Å². The molecule has 0 spiro atoms. The molecule has 3 rings (SSSR count). The molecular weight excluding hydrogens is 314 g/mol. The van der Waals surface area contributed by atoms with E-state index in [1.807, 2.05) is 30.3 Å². The van der Waals surface area contributed by atoms with Crippen molar-refractivity contribution in [2.24, 2.45) is 0 Å². The van der Waals surface area contributed by atoms with Crippen LogP contribution in [0.25, 0.3) is 0 Å². The van der Waals surface area contributed by atoms with Crippen molar-refractivity contribution in [3.63, 3.8) is 0 Å². The van der Waals surface area contributed by atoms with Gasteiger partial charge in [0.25, 0.3) is 0 Å². The van der Waals surface area contributed by atoms with Crippen LogP contribution in [0.4, 0.5) is 5.69 Å². The lowest BCUT2D eigenvalue weighted by Crippen LogP contribution is -2.33. The number of thiocarbonyl (C=S) groups is 1. The number of hydrogen-bond acceptors (Lipinski definition) is 2. The maximum Gasteiger partial charge on any atom is 0.171 e. The second-order valence-corrected chi connectivity index (χ2v) is 5.94. The molecule has 24 heavy (non-hydrogen) atoms. The molecule has 0 unspecified atom stereocenters. The first-order chi connectivity index (χ1) is 11.7. The molecule has 0 bridgehead atoms. The standard InChI is InChI=1S/C20H19N3S/c1-15-7-5-6-10-18(15)19(16-8-3-2-4-9-16)23-20(24)22-17-11-13-21-14-12-17/h2-14,19H,1H3,(H2,21,22,23,24)/t19-/m1/s1. The summed E-state index contributed by atoms with van der Waals surface area (Å²) in [7, 11) is 0. The molecule has 0 fully saturated rings. The van der Waals surface area contributed by atoms with E-state index in [1.165, 1.54) is 16.7 Å². The van der Waals surface area contributed by atoms with Gasteiger partial charge in [-0.25, -0.2) is 0 Å². The van der Waals surface area contributed by atoms with Gasteiger partial charge in [0.1, 0.15) is 0 Å². The summed E-state index contributed by atoms with van der Waals surface area (Å²) in [5.74, 6) is 0. The Balaban J connectivity index is 1.86. The SMILES string of the molecule is Cc1ccccc1[C@H](NC(=S)Nc1ccncc1)c1ccccc1. The zero-order chi connectivity index (χ0) is 16.8. The number of aryl methyl sites for hydroxylation is 1. The van der Waals surface area contributed by atoms with Gasteiger partial charge in [0.05, 0.1) is 6.04 Å². The molecule has 120 valence electrons. The molecule has 1 aromatic heterocycles. The maximum absolute atomic E-state index is 5.51. The summed E-state index contributed by atoms with van der Waals surface area (Å²) < 4.78 is 0. The summed E-state index contributed by atoms with van der Waals surface area (Å²) in [6.45, 7) is 2.12. The number of rotatable bonds is 4. The van der Waals surface area contributed by atoms with Crippen molar-refractivity contribution in [1.29, 1.82) is 0 Å². The van der Waals surface area contributed by atoms with Crippen LogP contribution in [0.5, 0.6) is 0 Å². The molecular formula is C20H19N3S. The summed E-state index contributed by atoms with van der Waals surface area (Å²) in [6, 6.07) is 22.5. The van der Waals surface area contributed by atoms with Gasteiger partial charge in [0.2, 0.25) is 0 Å². The van der Waals surface area contributed by atoms with E-state index >= 15 is 0 Å². The van der Waals surface area contributed by atoms with E-state index in [4.69, 9.17) is 12.2 Å². The highest BCUT2D eigenvalue weighted by Gasteiger charge is 2.16. The monoisotopic (exact) mass is 333 g/mol. The Kier molecular flexibility index (Phi) is 5.18. The molecule has 2 aromatic carbocycles. The number of nitrogens with zero attached hydrogens (tertiary/aromatic N) is 1. The van der Waals surface area contributed by atoms with Crippen LogP contribution >= 0.6 is 12.2 Å². The van der Waals surface area contributed by atoms with E-state index < -0.39 is 0 Å². The summed E-state index contributed by atoms with van der Waals surface area (Å²) in [6.07, 6.45) is 3.47. The molecule has 0 saturated carbocycles. The normalized spacial score (nSPS) is 11.5. The van der Waals surface area contributed by atoms with Gasteiger partial charge in [0, 0.05) is 18.1 Å². The zero-order valence-corrected chi connectivity index (χ0v) is 14.3. The molecule has 0 radical (unpaired) electrons. The minimum atomic E-state index is -0.00534. The van der Waals surface area contributed by atoms with Crippen molar-refractivity contribution < 1.29 is 0 Å². The van der Waals surface area contributed by atoms with Gasteiger partial charge in [0.15, 0.2) is 5.11 Å². The molecule has 0 saturated heterocycles. The first-order valence-corrected chi connectivity index (χ1v) is 8.23. The zero-order valence-electron chi connectivity index (χ0n) is 13.4. The Bertz CT molecular complexity index is 803. The van der Waals surface area contributed by atoms with Crippen molar-refractivity contribution in [1.82, 2.24) is 10.3 Å². The van der Waals surface area contributed by atoms with Gasteiger partial charge in [-0.05, 0) is 48.0 Å². The largest absolute Gasteiger partial charge is 0.352 e. The highest BCUT2D eigenvalue weighted by molar-refractivity contribution is 7.80. The average Bonchev–Trinajstić information content (AvgIpc) is 2.62. The first-order valence-electron chi connectivity index (χ1n) is 7.82. The lowest BCUT2D eigenvalue weighted by atomic mass is 9.95. The molecule has 2 N–H and O–H groups in total. The minimum absolute atomic E-state index is 0.00534. The Labute approximate surface area is 147 Å². The summed E-state index contributed by atoms with van der Waals surface area (Å²) >= 11 is 5.51. The summed E-state index contributed by atoms with van der Waals surface area (Å²) in [5, 5.41) is 7.23. The van der Waals surface area contributed by atoms with Crippen molar-refractivity contribution in [2.75, 3.05) is 5.32 Å². The fourth-order valence-corrected chi connectivity index (χ4v) is 2.87. The van der Waals surface area contributed by atoms with Crippen molar-refractivity contribution in [3.8, 4) is 0 Å². The van der Waals surface area contributed by atoms with Crippen LogP contribution in [-0.4, -0.2) is 10.1 Å². The molecule has 0 aliphatic rings. The van der Waals surface area contributed by atoms with E-state index in [2.05, 4.69) is 58.9 Å².